The third kappa shape index (κ3) is 4.37. The van der Waals surface area contributed by atoms with E-state index in [2.05, 4.69) is 5.32 Å². The van der Waals surface area contributed by atoms with E-state index in [0.717, 1.165) is 42.0 Å². The molecule has 2 N–H and O–H groups in total. The van der Waals surface area contributed by atoms with E-state index >= 15 is 0 Å². The number of nitrogens with one attached hydrogen (secondary N) is 2. The Morgan fingerprint density at radius 3 is 2.71 bits per heavy atom. The molecule has 0 radical (unpaired) electrons. The lowest BCUT2D eigenvalue weighted by Gasteiger charge is -2.23. The van der Waals surface area contributed by atoms with E-state index in [9.17, 15) is 4.79 Å². The molecule has 0 saturated carbocycles. The average molecular weight is 424 g/mol. The van der Waals surface area contributed by atoms with Gasteiger partial charge in [-0.15, -0.1) is 0 Å². The van der Waals surface area contributed by atoms with E-state index in [-0.39, 0.29) is 11.9 Å². The van der Waals surface area contributed by atoms with E-state index in [1.54, 1.807) is 20.3 Å². The first-order valence-electron chi connectivity index (χ1n) is 9.25. The van der Waals surface area contributed by atoms with Crippen molar-refractivity contribution < 1.29 is 19.2 Å². The molecule has 1 aliphatic heterocycles. The normalized spacial score (nSPS) is 18.8. The number of methoxy groups -OCH3 is 2. The Kier molecular flexibility index (Phi) is 6.70. The molecule has 2 aromatic rings. The Morgan fingerprint density at radius 1 is 1.21 bits per heavy atom. The predicted molar refractivity (Wildman–Crippen MR) is 112 cm³/mol. The van der Waals surface area contributed by atoms with Crippen LogP contribution in [-0.2, 0) is 4.79 Å². The number of hydrogen-bond donors (Lipinski definition) is 2. The van der Waals surface area contributed by atoms with Crippen LogP contribution in [0.1, 0.15) is 30.0 Å². The van der Waals surface area contributed by atoms with Crippen molar-refractivity contribution in [3.63, 3.8) is 0 Å². The number of quaternary nitrogens is 1. The molecule has 1 heterocycles. The zero-order chi connectivity index (χ0) is 20.3. The van der Waals surface area contributed by atoms with E-state index in [4.69, 9.17) is 32.7 Å². The van der Waals surface area contributed by atoms with Crippen LogP contribution in [0, 0.1) is 6.92 Å². The number of carbonyl (C=O) groups excluding carboxylic acids is 1. The third-order valence-electron chi connectivity index (χ3n) is 5.23. The maximum atomic E-state index is 12.7. The summed E-state index contributed by atoms with van der Waals surface area (Å²) in [5.74, 6) is 1.48. The largest absolute Gasteiger partial charge is 0.497 e. The molecule has 1 unspecified atom stereocenters. The summed E-state index contributed by atoms with van der Waals surface area (Å²) in [5.41, 5.74) is 2.41. The highest BCUT2D eigenvalue weighted by atomic mass is 35.5. The third-order valence-corrected chi connectivity index (χ3v) is 6.03. The van der Waals surface area contributed by atoms with Crippen molar-refractivity contribution >= 4 is 34.8 Å². The van der Waals surface area contributed by atoms with Crippen LogP contribution in [0.25, 0.3) is 0 Å². The minimum absolute atomic E-state index is 0.113. The van der Waals surface area contributed by atoms with E-state index < -0.39 is 0 Å². The number of hydrogen-bond acceptors (Lipinski definition) is 3. The lowest BCUT2D eigenvalue weighted by molar-refractivity contribution is -0.910. The second-order valence-electron chi connectivity index (χ2n) is 6.99. The number of likely N-dealkylation sites (tertiary alicyclic amines) is 1. The summed E-state index contributed by atoms with van der Waals surface area (Å²) in [7, 11) is 3.31. The number of amides is 1. The fourth-order valence-electron chi connectivity index (χ4n) is 3.77. The van der Waals surface area contributed by atoms with Crippen LogP contribution < -0.4 is 19.7 Å². The van der Waals surface area contributed by atoms with Crippen LogP contribution in [0.3, 0.4) is 0 Å². The Hall–Kier alpha value is -1.95. The van der Waals surface area contributed by atoms with Gasteiger partial charge in [0.1, 0.15) is 17.5 Å². The molecule has 28 heavy (non-hydrogen) atoms. The van der Waals surface area contributed by atoms with Crippen LogP contribution in [-0.4, -0.2) is 33.2 Å². The van der Waals surface area contributed by atoms with Crippen molar-refractivity contribution in [2.24, 2.45) is 0 Å². The first-order valence-corrected chi connectivity index (χ1v) is 10.0. The molecule has 2 atom stereocenters. The van der Waals surface area contributed by atoms with Crippen molar-refractivity contribution in [1.82, 2.24) is 0 Å². The first kappa shape index (κ1) is 20.8. The zero-order valence-electron chi connectivity index (χ0n) is 16.3. The number of aryl methyl sites for hydroxylation is 1. The lowest BCUT2D eigenvalue weighted by Crippen LogP contribution is -3.11. The van der Waals surface area contributed by atoms with Crippen LogP contribution in [0.15, 0.2) is 30.3 Å². The molecule has 0 spiro atoms. The molecule has 3 rings (SSSR count). The predicted octanol–water partition coefficient (Wildman–Crippen LogP) is 3.68. The zero-order valence-corrected chi connectivity index (χ0v) is 17.8. The summed E-state index contributed by atoms with van der Waals surface area (Å²) < 4.78 is 10.9. The van der Waals surface area contributed by atoms with Crippen LogP contribution >= 0.6 is 23.2 Å². The summed E-state index contributed by atoms with van der Waals surface area (Å²) in [6, 6.07) is 9.53. The van der Waals surface area contributed by atoms with Crippen molar-refractivity contribution in [3.05, 3.63) is 51.5 Å². The molecule has 150 valence electrons. The van der Waals surface area contributed by atoms with Gasteiger partial charge in [0, 0.05) is 12.8 Å². The maximum Gasteiger partial charge on any atom is 0.279 e. The topological polar surface area (TPSA) is 52.0 Å². The van der Waals surface area contributed by atoms with Gasteiger partial charge in [0.15, 0.2) is 6.54 Å². The Bertz CT molecular complexity index is 873. The van der Waals surface area contributed by atoms with Gasteiger partial charge in [0.2, 0.25) is 0 Å². The Labute approximate surface area is 175 Å². The summed E-state index contributed by atoms with van der Waals surface area (Å²) >= 11 is 12.5. The molecule has 1 fully saturated rings. The van der Waals surface area contributed by atoms with Crippen LogP contribution in [0.4, 0.5) is 5.69 Å². The van der Waals surface area contributed by atoms with Gasteiger partial charge >= 0.3 is 0 Å². The lowest BCUT2D eigenvalue weighted by atomic mass is 10.0. The van der Waals surface area contributed by atoms with Gasteiger partial charge in [0.05, 0.1) is 42.1 Å². The highest BCUT2D eigenvalue weighted by Gasteiger charge is 2.34. The van der Waals surface area contributed by atoms with Gasteiger partial charge in [-0.25, -0.2) is 0 Å². The molecule has 1 amide bonds. The Balaban J connectivity index is 1.78. The number of rotatable bonds is 6. The molecule has 1 aliphatic rings. The van der Waals surface area contributed by atoms with E-state index in [1.165, 1.54) is 4.90 Å². The van der Waals surface area contributed by atoms with Gasteiger partial charge in [-0.1, -0.05) is 29.3 Å². The quantitative estimate of drug-likeness (QED) is 0.744. The van der Waals surface area contributed by atoms with Crippen molar-refractivity contribution in [1.29, 1.82) is 0 Å². The van der Waals surface area contributed by atoms with Crippen LogP contribution in [0.5, 0.6) is 11.5 Å². The molecule has 0 bridgehead atoms. The fraction of sp³-hybridized carbons (Fsp3) is 0.381. The second-order valence-corrected chi connectivity index (χ2v) is 7.77. The van der Waals surface area contributed by atoms with Crippen molar-refractivity contribution in [2.75, 3.05) is 32.6 Å². The molecule has 0 aromatic heterocycles. The van der Waals surface area contributed by atoms with Gasteiger partial charge in [-0.3, -0.25) is 4.79 Å². The Morgan fingerprint density at radius 2 is 2.00 bits per heavy atom. The minimum atomic E-state index is -0.113. The van der Waals surface area contributed by atoms with Crippen molar-refractivity contribution in [2.45, 2.75) is 25.8 Å². The van der Waals surface area contributed by atoms with Gasteiger partial charge in [-0.2, -0.15) is 0 Å². The van der Waals surface area contributed by atoms with Gasteiger partial charge in [0.25, 0.3) is 5.91 Å². The standard InChI is InChI=1S/C21H24Cl2N2O3/c1-13-6-8-16(22)21(20(13)23)24-19(26)12-25-10-4-5-17(25)15-11-14(27-2)7-9-18(15)28-3/h6-9,11,17H,4-5,10,12H2,1-3H3,(H,24,26)/p+1/t17-/m0/s1. The van der Waals surface area contributed by atoms with Gasteiger partial charge < -0.3 is 19.7 Å². The van der Waals surface area contributed by atoms with E-state index in [0.29, 0.717) is 22.3 Å². The number of carbonyl (C=O) groups is 1. The molecular formula is C21H25Cl2N2O3+. The summed E-state index contributed by atoms with van der Waals surface area (Å²) in [6.07, 6.45) is 2.03. The molecule has 1 saturated heterocycles. The second kappa shape index (κ2) is 9.03. The minimum Gasteiger partial charge on any atom is -0.497 e. The van der Waals surface area contributed by atoms with Crippen LogP contribution in [0.2, 0.25) is 10.0 Å². The number of halogens is 2. The number of ether oxygens (including phenoxy) is 2. The average Bonchev–Trinajstić information content (AvgIpc) is 3.15. The molecule has 0 aliphatic carbocycles. The molecule has 5 nitrogen and oxygen atoms in total. The molecular weight excluding hydrogens is 399 g/mol. The first-order chi connectivity index (χ1) is 13.4. The van der Waals surface area contributed by atoms with Crippen molar-refractivity contribution in [3.8, 4) is 11.5 Å². The summed E-state index contributed by atoms with van der Waals surface area (Å²) in [6.45, 7) is 3.12. The highest BCUT2D eigenvalue weighted by Crippen LogP contribution is 2.33. The smallest absolute Gasteiger partial charge is 0.279 e. The molecule has 2 aromatic carbocycles. The summed E-state index contributed by atoms with van der Waals surface area (Å²) in [4.78, 5) is 13.9. The highest BCUT2D eigenvalue weighted by molar-refractivity contribution is 6.40. The van der Waals surface area contributed by atoms with Gasteiger partial charge in [-0.05, 0) is 36.8 Å². The number of anilines is 1. The monoisotopic (exact) mass is 423 g/mol. The summed E-state index contributed by atoms with van der Waals surface area (Å²) in [5, 5.41) is 3.80. The number of benzene rings is 2. The maximum absolute atomic E-state index is 12.7. The SMILES string of the molecule is COc1ccc(OC)c([C@@H]2CCC[NH+]2CC(=O)Nc2c(Cl)ccc(C)c2Cl)c1. The fourth-order valence-corrected chi connectivity index (χ4v) is 4.24. The molecule has 7 heteroatoms. The van der Waals surface area contributed by atoms with E-state index in [1.807, 2.05) is 31.2 Å².